The van der Waals surface area contributed by atoms with Crippen LogP contribution >= 0.6 is 44.1 Å². The Hall–Kier alpha value is -2.23. The van der Waals surface area contributed by atoms with E-state index in [0.29, 0.717) is 33.8 Å². The minimum atomic E-state index is -0.556. The van der Waals surface area contributed by atoms with Gasteiger partial charge in [-0.25, -0.2) is 0 Å². The van der Waals surface area contributed by atoms with E-state index in [4.69, 9.17) is 21.7 Å². The standard InChI is InChI=1S/C21H18Br2N2O4S/c1-4-29-18-15(23)9-12(10-17(18)28-3)8-14-19(26)24-21(30)25(20(14)27)16-6-5-13(22)7-11(16)2/h5-10H,4H2,1-3H3,(H,24,26,30)/b14-8+. The van der Waals surface area contributed by atoms with Gasteiger partial charge in [-0.1, -0.05) is 15.9 Å². The molecule has 1 fully saturated rings. The number of aryl methyl sites for hydroxylation is 1. The fraction of sp³-hybridized carbons (Fsp3) is 0.190. The normalized spacial score (nSPS) is 15.4. The minimum Gasteiger partial charge on any atom is -0.493 e. The van der Waals surface area contributed by atoms with Crippen LogP contribution in [0.2, 0.25) is 0 Å². The van der Waals surface area contributed by atoms with Gasteiger partial charge in [0.1, 0.15) is 5.57 Å². The maximum Gasteiger partial charge on any atom is 0.270 e. The van der Waals surface area contributed by atoms with E-state index in [2.05, 4.69) is 37.2 Å². The van der Waals surface area contributed by atoms with Crippen LogP contribution in [0.5, 0.6) is 11.5 Å². The number of methoxy groups -OCH3 is 1. The largest absolute Gasteiger partial charge is 0.493 e. The molecule has 0 radical (unpaired) electrons. The van der Waals surface area contributed by atoms with Crippen LogP contribution < -0.4 is 19.7 Å². The number of amides is 2. The van der Waals surface area contributed by atoms with Crippen LogP contribution in [0.25, 0.3) is 6.08 Å². The van der Waals surface area contributed by atoms with Gasteiger partial charge in [0.25, 0.3) is 11.8 Å². The first-order chi connectivity index (χ1) is 14.3. The molecule has 0 aliphatic carbocycles. The highest BCUT2D eigenvalue weighted by molar-refractivity contribution is 9.10. The lowest BCUT2D eigenvalue weighted by atomic mass is 10.1. The zero-order chi connectivity index (χ0) is 22.0. The van der Waals surface area contributed by atoms with Crippen molar-refractivity contribution >= 4 is 72.8 Å². The lowest BCUT2D eigenvalue weighted by molar-refractivity contribution is -0.122. The summed E-state index contributed by atoms with van der Waals surface area (Å²) in [6, 6.07) is 8.91. The summed E-state index contributed by atoms with van der Waals surface area (Å²) in [5.74, 6) is -0.0223. The van der Waals surface area contributed by atoms with E-state index in [-0.39, 0.29) is 10.7 Å². The average Bonchev–Trinajstić information content (AvgIpc) is 2.68. The van der Waals surface area contributed by atoms with Gasteiger partial charge in [0.05, 0.1) is 23.9 Å². The first-order valence-corrected chi connectivity index (χ1v) is 10.9. The molecule has 1 saturated heterocycles. The Kier molecular flexibility index (Phi) is 6.95. The molecule has 2 aromatic carbocycles. The second kappa shape index (κ2) is 9.28. The molecule has 2 aromatic rings. The molecule has 3 rings (SSSR count). The summed E-state index contributed by atoms with van der Waals surface area (Å²) >= 11 is 12.1. The Balaban J connectivity index is 2.06. The Morgan fingerprint density at radius 1 is 1.20 bits per heavy atom. The van der Waals surface area contributed by atoms with Crippen LogP contribution in [-0.2, 0) is 9.59 Å². The molecule has 1 heterocycles. The highest BCUT2D eigenvalue weighted by Gasteiger charge is 2.35. The number of nitrogens with one attached hydrogen (secondary N) is 1. The Bertz CT molecular complexity index is 1080. The maximum atomic E-state index is 13.2. The van der Waals surface area contributed by atoms with Gasteiger partial charge >= 0.3 is 0 Å². The number of carbonyl (C=O) groups excluding carboxylic acids is 2. The number of carbonyl (C=O) groups is 2. The van der Waals surface area contributed by atoms with Crippen LogP contribution in [0, 0.1) is 6.92 Å². The van der Waals surface area contributed by atoms with Crippen molar-refractivity contribution in [1.29, 1.82) is 0 Å². The molecule has 0 atom stereocenters. The molecule has 0 unspecified atom stereocenters. The second-order valence-corrected chi connectivity index (χ2v) is 8.51. The quantitative estimate of drug-likeness (QED) is 0.328. The third-order valence-electron chi connectivity index (χ3n) is 4.35. The van der Waals surface area contributed by atoms with Crippen LogP contribution in [0.4, 0.5) is 5.69 Å². The number of benzene rings is 2. The summed E-state index contributed by atoms with van der Waals surface area (Å²) in [6.07, 6.45) is 1.50. The van der Waals surface area contributed by atoms with Crippen molar-refractivity contribution in [1.82, 2.24) is 5.32 Å². The number of anilines is 1. The number of halogens is 2. The van der Waals surface area contributed by atoms with Crippen molar-refractivity contribution in [3.05, 3.63) is 56.0 Å². The lowest BCUT2D eigenvalue weighted by Gasteiger charge is -2.30. The van der Waals surface area contributed by atoms with Crippen molar-refractivity contribution in [3.63, 3.8) is 0 Å². The topological polar surface area (TPSA) is 67.9 Å². The molecule has 1 aliphatic heterocycles. The third-order valence-corrected chi connectivity index (χ3v) is 5.72. The predicted molar refractivity (Wildman–Crippen MR) is 127 cm³/mol. The van der Waals surface area contributed by atoms with Crippen LogP contribution in [-0.4, -0.2) is 30.6 Å². The smallest absolute Gasteiger partial charge is 0.270 e. The van der Waals surface area contributed by atoms with E-state index in [0.717, 1.165) is 10.0 Å². The monoisotopic (exact) mass is 552 g/mol. The SMILES string of the molecule is CCOc1c(Br)cc(/C=C2\C(=O)NC(=S)N(c3ccc(Br)cc3C)C2=O)cc1OC. The van der Waals surface area contributed by atoms with Crippen LogP contribution in [0.1, 0.15) is 18.1 Å². The molecule has 9 heteroatoms. The molecule has 0 bridgehead atoms. The Labute approximate surface area is 196 Å². The number of ether oxygens (including phenoxy) is 2. The predicted octanol–water partition coefficient (Wildman–Crippen LogP) is 4.76. The highest BCUT2D eigenvalue weighted by Crippen LogP contribution is 2.37. The van der Waals surface area contributed by atoms with Gasteiger partial charge < -0.3 is 9.47 Å². The maximum absolute atomic E-state index is 13.2. The molecular formula is C21H18Br2N2O4S. The van der Waals surface area contributed by atoms with Crippen molar-refractivity contribution < 1.29 is 19.1 Å². The van der Waals surface area contributed by atoms with E-state index >= 15 is 0 Å². The summed E-state index contributed by atoms with van der Waals surface area (Å²) in [7, 11) is 1.52. The molecule has 0 spiro atoms. The first kappa shape index (κ1) is 22.5. The van der Waals surface area contributed by atoms with E-state index in [9.17, 15) is 9.59 Å². The fourth-order valence-electron chi connectivity index (χ4n) is 3.02. The average molecular weight is 554 g/mol. The molecule has 1 N–H and O–H groups in total. The molecule has 2 amide bonds. The van der Waals surface area contributed by atoms with Gasteiger partial charge in [0, 0.05) is 4.47 Å². The van der Waals surface area contributed by atoms with Crippen molar-refractivity contribution in [3.8, 4) is 11.5 Å². The molecule has 156 valence electrons. The summed E-state index contributed by atoms with van der Waals surface area (Å²) in [5.41, 5.74) is 2.00. The molecule has 1 aliphatic rings. The van der Waals surface area contributed by atoms with Gasteiger partial charge in [-0.3, -0.25) is 19.8 Å². The first-order valence-electron chi connectivity index (χ1n) is 8.94. The second-order valence-electron chi connectivity index (χ2n) is 6.36. The number of hydrogen-bond acceptors (Lipinski definition) is 5. The number of nitrogens with zero attached hydrogens (tertiary/aromatic N) is 1. The van der Waals surface area contributed by atoms with Gasteiger partial charge in [-0.05, 0) is 89.5 Å². The Morgan fingerprint density at radius 2 is 1.93 bits per heavy atom. The van der Waals surface area contributed by atoms with Gasteiger partial charge in [-0.2, -0.15) is 0 Å². The van der Waals surface area contributed by atoms with Gasteiger partial charge in [0.2, 0.25) is 0 Å². The van der Waals surface area contributed by atoms with Gasteiger partial charge in [-0.15, -0.1) is 0 Å². The molecule has 6 nitrogen and oxygen atoms in total. The molecule has 0 saturated carbocycles. The summed E-state index contributed by atoms with van der Waals surface area (Å²) < 4.78 is 12.5. The third kappa shape index (κ3) is 4.43. The zero-order valence-electron chi connectivity index (χ0n) is 16.4. The molecule has 30 heavy (non-hydrogen) atoms. The van der Waals surface area contributed by atoms with Crippen LogP contribution in [0.15, 0.2) is 44.9 Å². The van der Waals surface area contributed by atoms with Gasteiger partial charge in [0.15, 0.2) is 16.6 Å². The molecular weight excluding hydrogens is 536 g/mol. The summed E-state index contributed by atoms with van der Waals surface area (Å²) in [4.78, 5) is 27.1. The van der Waals surface area contributed by atoms with Crippen LogP contribution in [0.3, 0.4) is 0 Å². The number of hydrogen-bond donors (Lipinski definition) is 1. The van der Waals surface area contributed by atoms with Crippen molar-refractivity contribution in [2.45, 2.75) is 13.8 Å². The van der Waals surface area contributed by atoms with E-state index in [1.165, 1.54) is 18.1 Å². The Morgan fingerprint density at radius 3 is 2.57 bits per heavy atom. The van der Waals surface area contributed by atoms with E-state index < -0.39 is 11.8 Å². The van der Waals surface area contributed by atoms with Crippen molar-refractivity contribution in [2.75, 3.05) is 18.6 Å². The van der Waals surface area contributed by atoms with E-state index in [1.54, 1.807) is 18.2 Å². The lowest BCUT2D eigenvalue weighted by Crippen LogP contribution is -2.54. The molecule has 0 aromatic heterocycles. The van der Waals surface area contributed by atoms with Crippen molar-refractivity contribution in [2.24, 2.45) is 0 Å². The number of rotatable bonds is 5. The van der Waals surface area contributed by atoms with E-state index in [1.807, 2.05) is 26.0 Å². The summed E-state index contributed by atoms with van der Waals surface area (Å²) in [5, 5.41) is 2.64. The summed E-state index contributed by atoms with van der Waals surface area (Å²) in [6.45, 7) is 4.20. The fourth-order valence-corrected chi connectivity index (χ4v) is 4.34. The zero-order valence-corrected chi connectivity index (χ0v) is 20.4. The minimum absolute atomic E-state index is 0.0379. The highest BCUT2D eigenvalue weighted by atomic mass is 79.9. The number of thiocarbonyl (C=S) groups is 1.